The third-order valence-corrected chi connectivity index (χ3v) is 9.30. The van der Waals surface area contributed by atoms with Crippen molar-refractivity contribution in [3.8, 4) is 16.9 Å². The number of likely N-dealkylation sites (N-methyl/N-ethyl adjacent to an activating group) is 1. The lowest BCUT2D eigenvalue weighted by molar-refractivity contribution is -0.181. The number of esters is 1. The van der Waals surface area contributed by atoms with Gasteiger partial charge in [-0.25, -0.2) is 0 Å². The number of carbonyl (C=O) groups excluding carboxylic acids is 7. The molecule has 0 radical (unpaired) electrons. The summed E-state index contributed by atoms with van der Waals surface area (Å²) in [5.74, 6) is -12.2. The standard InChI is InChI=1S/C33H35N3O10/c1-4-46-22(38)10-11-35-32(44)16-7-5-6-15(12-16)18-8-9-21(37)24-19(18)13-17-14-20-26(36(2)3)28(40)25(31(34)43)30(42)33(20,45)29(41)23(17)27(24)39/h5-9,12,17,20,23,25-26,37,45H,4,10-11,13-14H2,1-3H3,(H2,34,43)(H,35,44)/t17-,20-,23?,25?,26-,33-/m0/s1. The SMILES string of the molecule is CCOC(=O)CCNC(=O)c1cccc(-c2ccc(O)c3c2C[C@H]2C[C@H]4[C@H](N(C)C)C(=O)C(C(N)=O)C(=O)[C@@]4(O)C(=O)C2C3=O)c1. The van der Waals surface area contributed by atoms with Crippen LogP contribution < -0.4 is 11.1 Å². The number of amides is 2. The summed E-state index contributed by atoms with van der Waals surface area (Å²) in [6.45, 7) is 1.98. The van der Waals surface area contributed by atoms with Gasteiger partial charge in [-0.05, 0) is 74.7 Å². The number of aromatic hydroxyl groups is 1. The molecule has 2 aromatic rings. The number of fused-ring (bicyclic) bond motifs is 3. The van der Waals surface area contributed by atoms with Gasteiger partial charge in [0.15, 0.2) is 34.7 Å². The summed E-state index contributed by atoms with van der Waals surface area (Å²) < 4.78 is 4.87. The molecule has 0 saturated heterocycles. The van der Waals surface area contributed by atoms with Gasteiger partial charge in [-0.3, -0.25) is 38.5 Å². The van der Waals surface area contributed by atoms with E-state index in [-0.39, 0.29) is 43.5 Å². The minimum absolute atomic E-state index is 0.000687. The van der Waals surface area contributed by atoms with Gasteiger partial charge in [0.05, 0.1) is 30.6 Å². The van der Waals surface area contributed by atoms with Crippen LogP contribution in [0.3, 0.4) is 0 Å². The van der Waals surface area contributed by atoms with Crippen molar-refractivity contribution in [2.45, 2.75) is 37.8 Å². The Morgan fingerprint density at radius 2 is 1.80 bits per heavy atom. The number of hydrogen-bond acceptors (Lipinski definition) is 11. The minimum Gasteiger partial charge on any atom is -0.507 e. The second-order valence-corrected chi connectivity index (χ2v) is 12.2. The maximum absolute atomic E-state index is 14.0. The highest BCUT2D eigenvalue weighted by molar-refractivity contribution is 6.32. The largest absolute Gasteiger partial charge is 0.507 e. The number of nitrogens with zero attached hydrogens (tertiary/aromatic N) is 1. The van der Waals surface area contributed by atoms with E-state index in [0.29, 0.717) is 16.7 Å². The Hall–Kier alpha value is -4.75. The Labute approximate surface area is 264 Å². The number of primary amides is 1. The maximum Gasteiger partial charge on any atom is 0.307 e. The first kappa shape index (κ1) is 32.6. The molecule has 2 saturated carbocycles. The van der Waals surface area contributed by atoms with Crippen LogP contribution in [0.2, 0.25) is 0 Å². The van der Waals surface area contributed by atoms with Crippen LogP contribution in [0.15, 0.2) is 36.4 Å². The molecule has 46 heavy (non-hydrogen) atoms. The number of phenolic OH excluding ortho intramolecular Hbond substituents is 1. The Morgan fingerprint density at radius 3 is 2.46 bits per heavy atom. The number of ketones is 4. The highest BCUT2D eigenvalue weighted by Gasteiger charge is 2.69. The number of aliphatic hydroxyl groups is 1. The molecular formula is C33H35N3O10. The van der Waals surface area contributed by atoms with Crippen molar-refractivity contribution in [2.75, 3.05) is 27.2 Å². The molecular weight excluding hydrogens is 598 g/mol. The van der Waals surface area contributed by atoms with Crippen molar-refractivity contribution < 1.29 is 48.5 Å². The van der Waals surface area contributed by atoms with E-state index in [4.69, 9.17) is 10.5 Å². The molecule has 5 N–H and O–H groups in total. The van der Waals surface area contributed by atoms with Gasteiger partial charge >= 0.3 is 5.97 Å². The first-order valence-corrected chi connectivity index (χ1v) is 15.0. The van der Waals surface area contributed by atoms with Gasteiger partial charge in [0.25, 0.3) is 5.91 Å². The van der Waals surface area contributed by atoms with E-state index in [1.807, 2.05) is 0 Å². The van der Waals surface area contributed by atoms with Gasteiger partial charge in [0.2, 0.25) is 5.91 Å². The van der Waals surface area contributed by atoms with Gasteiger partial charge in [0.1, 0.15) is 5.75 Å². The average molecular weight is 634 g/mol. The van der Waals surface area contributed by atoms with Gasteiger partial charge in [-0.2, -0.15) is 0 Å². The van der Waals surface area contributed by atoms with Crippen LogP contribution in [0, 0.1) is 23.7 Å². The van der Waals surface area contributed by atoms with E-state index in [0.717, 1.165) is 0 Å². The molecule has 6 atom stereocenters. The lowest BCUT2D eigenvalue weighted by Gasteiger charge is -2.52. The minimum atomic E-state index is -2.81. The second-order valence-electron chi connectivity index (χ2n) is 12.2. The van der Waals surface area contributed by atoms with E-state index in [2.05, 4.69) is 5.32 Å². The number of nitrogens with two attached hydrogens (primary N) is 1. The topological polar surface area (TPSA) is 210 Å². The molecule has 0 heterocycles. The Bertz CT molecular complexity index is 1680. The van der Waals surface area contributed by atoms with Crippen molar-refractivity contribution in [2.24, 2.45) is 29.4 Å². The number of carbonyl (C=O) groups is 7. The first-order valence-electron chi connectivity index (χ1n) is 15.0. The molecule has 0 aromatic heterocycles. The summed E-state index contributed by atoms with van der Waals surface area (Å²) in [5, 5.41) is 25.2. The van der Waals surface area contributed by atoms with Crippen LogP contribution in [-0.2, 0) is 35.1 Å². The summed E-state index contributed by atoms with van der Waals surface area (Å²) in [6, 6.07) is 8.21. The normalized spacial score (nSPS) is 27.0. The molecule has 3 aliphatic rings. The van der Waals surface area contributed by atoms with Crippen molar-refractivity contribution in [3.05, 3.63) is 53.1 Å². The molecule has 0 aliphatic heterocycles. The van der Waals surface area contributed by atoms with Crippen LogP contribution in [0.4, 0.5) is 0 Å². The fourth-order valence-electron chi connectivity index (χ4n) is 7.32. The highest BCUT2D eigenvalue weighted by atomic mass is 16.5. The molecule has 2 fully saturated rings. The van der Waals surface area contributed by atoms with Gasteiger partial charge in [-0.1, -0.05) is 18.2 Å². The summed E-state index contributed by atoms with van der Waals surface area (Å²) in [6.07, 6.45) is -0.00720. The van der Waals surface area contributed by atoms with Gasteiger partial charge in [-0.15, -0.1) is 0 Å². The van der Waals surface area contributed by atoms with Crippen molar-refractivity contribution in [1.29, 1.82) is 0 Å². The summed E-state index contributed by atoms with van der Waals surface area (Å²) >= 11 is 0. The van der Waals surface area contributed by atoms with E-state index in [9.17, 15) is 43.8 Å². The van der Waals surface area contributed by atoms with E-state index in [1.54, 1.807) is 37.3 Å². The monoisotopic (exact) mass is 633 g/mol. The number of Topliss-reactive ketones (excluding diaryl/α,β-unsaturated/α-hetero) is 4. The number of nitrogens with one attached hydrogen (secondary N) is 1. The van der Waals surface area contributed by atoms with Crippen LogP contribution in [-0.4, -0.2) is 94.9 Å². The first-order chi connectivity index (χ1) is 21.7. The number of rotatable bonds is 8. The molecule has 13 heteroatoms. The molecule has 0 spiro atoms. The number of phenols is 1. The van der Waals surface area contributed by atoms with Crippen molar-refractivity contribution in [1.82, 2.24) is 10.2 Å². The Balaban J connectivity index is 1.51. The van der Waals surface area contributed by atoms with Crippen LogP contribution in [0.5, 0.6) is 5.75 Å². The summed E-state index contributed by atoms with van der Waals surface area (Å²) in [5.41, 5.74) is 4.15. The third-order valence-electron chi connectivity index (χ3n) is 9.30. The van der Waals surface area contributed by atoms with Gasteiger partial charge < -0.3 is 26.0 Å². The van der Waals surface area contributed by atoms with E-state index >= 15 is 0 Å². The van der Waals surface area contributed by atoms with Gasteiger partial charge in [0, 0.05) is 18.0 Å². The zero-order chi connectivity index (χ0) is 33.7. The molecule has 242 valence electrons. The van der Waals surface area contributed by atoms with Crippen molar-refractivity contribution in [3.63, 3.8) is 0 Å². The predicted molar refractivity (Wildman–Crippen MR) is 160 cm³/mol. The molecule has 3 aliphatic carbocycles. The highest BCUT2D eigenvalue weighted by Crippen LogP contribution is 2.51. The molecule has 0 bridgehead atoms. The lowest BCUT2D eigenvalue weighted by Crippen LogP contribution is -2.74. The lowest BCUT2D eigenvalue weighted by atomic mass is 9.52. The van der Waals surface area contributed by atoms with Crippen molar-refractivity contribution >= 4 is 40.9 Å². The molecule has 2 amide bonds. The summed E-state index contributed by atoms with van der Waals surface area (Å²) in [4.78, 5) is 92.8. The third kappa shape index (κ3) is 5.18. The molecule has 2 unspecified atom stereocenters. The van der Waals surface area contributed by atoms with Crippen LogP contribution in [0.1, 0.15) is 46.0 Å². The molecule has 5 rings (SSSR count). The van der Waals surface area contributed by atoms with Crippen LogP contribution >= 0.6 is 0 Å². The average Bonchev–Trinajstić information content (AvgIpc) is 2.99. The van der Waals surface area contributed by atoms with E-state index < -0.39 is 82.0 Å². The predicted octanol–water partition coefficient (Wildman–Crippen LogP) is 0.217. The number of ether oxygens (including phenoxy) is 1. The Morgan fingerprint density at radius 1 is 1.09 bits per heavy atom. The second kappa shape index (κ2) is 12.2. The summed E-state index contributed by atoms with van der Waals surface area (Å²) in [7, 11) is 3.04. The quantitative estimate of drug-likeness (QED) is 0.228. The fraction of sp³-hybridized carbons (Fsp3) is 0.424. The maximum atomic E-state index is 14.0. The van der Waals surface area contributed by atoms with E-state index in [1.165, 1.54) is 25.1 Å². The number of benzene rings is 2. The molecule has 13 nitrogen and oxygen atoms in total. The smallest absolute Gasteiger partial charge is 0.307 e. The number of hydrogen-bond donors (Lipinski definition) is 4. The fourth-order valence-corrected chi connectivity index (χ4v) is 7.32. The van der Waals surface area contributed by atoms with Crippen LogP contribution in [0.25, 0.3) is 11.1 Å². The zero-order valence-electron chi connectivity index (χ0n) is 25.6. The zero-order valence-corrected chi connectivity index (χ0v) is 25.6. The molecule has 2 aromatic carbocycles. The Kier molecular flexibility index (Phi) is 8.67.